The number of rotatable bonds is 5. The highest BCUT2D eigenvalue weighted by molar-refractivity contribution is 5.58. The monoisotopic (exact) mass is 268 g/mol. The van der Waals surface area contributed by atoms with Gasteiger partial charge in [-0.25, -0.2) is 0 Å². The highest BCUT2D eigenvalue weighted by atomic mass is 16.5. The summed E-state index contributed by atoms with van der Waals surface area (Å²) in [5.74, 6) is 0.890. The third kappa shape index (κ3) is 2.78. The van der Waals surface area contributed by atoms with Crippen molar-refractivity contribution >= 4 is 5.69 Å². The van der Waals surface area contributed by atoms with Crippen molar-refractivity contribution in [3.63, 3.8) is 0 Å². The van der Waals surface area contributed by atoms with Crippen molar-refractivity contribution in [2.24, 2.45) is 5.73 Å². The Bertz CT molecular complexity index is 565. The van der Waals surface area contributed by atoms with Crippen LogP contribution in [-0.2, 0) is 13.0 Å². The number of benzene rings is 2. The Labute approximate surface area is 120 Å². The van der Waals surface area contributed by atoms with Gasteiger partial charge in [-0.05, 0) is 35.7 Å². The third-order valence-electron chi connectivity index (χ3n) is 3.67. The molecule has 3 rings (SSSR count). The molecule has 20 heavy (non-hydrogen) atoms. The molecule has 0 aliphatic carbocycles. The first kappa shape index (κ1) is 13.0. The fraction of sp³-hybridized carbons (Fsp3) is 0.294. The second kappa shape index (κ2) is 5.97. The van der Waals surface area contributed by atoms with Gasteiger partial charge in [-0.1, -0.05) is 30.3 Å². The Morgan fingerprint density at radius 3 is 2.65 bits per heavy atom. The zero-order chi connectivity index (χ0) is 13.8. The largest absolute Gasteiger partial charge is 0.492 e. The third-order valence-corrected chi connectivity index (χ3v) is 3.67. The number of ether oxygens (including phenoxy) is 1. The van der Waals surface area contributed by atoms with Crippen LogP contribution >= 0.6 is 0 Å². The molecule has 0 atom stereocenters. The number of nitrogens with zero attached hydrogens (tertiary/aromatic N) is 1. The molecule has 3 nitrogen and oxygen atoms in total. The van der Waals surface area contributed by atoms with Crippen molar-refractivity contribution in [2.45, 2.75) is 13.0 Å². The van der Waals surface area contributed by atoms with Crippen molar-refractivity contribution in [3.05, 3.63) is 59.7 Å². The summed E-state index contributed by atoms with van der Waals surface area (Å²) in [4.78, 5) is 2.44. The van der Waals surface area contributed by atoms with E-state index in [4.69, 9.17) is 10.5 Å². The molecule has 104 valence electrons. The van der Waals surface area contributed by atoms with E-state index in [1.54, 1.807) is 0 Å². The summed E-state index contributed by atoms with van der Waals surface area (Å²) in [7, 11) is 0. The van der Waals surface area contributed by atoms with E-state index in [0.717, 1.165) is 25.3 Å². The smallest absolute Gasteiger partial charge is 0.119 e. The molecule has 3 heteroatoms. The van der Waals surface area contributed by atoms with E-state index in [-0.39, 0.29) is 0 Å². The highest BCUT2D eigenvalue weighted by Gasteiger charge is 2.17. The second-order valence-corrected chi connectivity index (χ2v) is 5.08. The van der Waals surface area contributed by atoms with Gasteiger partial charge in [0.2, 0.25) is 0 Å². The van der Waals surface area contributed by atoms with Gasteiger partial charge in [0, 0.05) is 25.3 Å². The lowest BCUT2D eigenvalue weighted by molar-refractivity contribution is 0.328. The molecule has 2 aromatic rings. The minimum absolute atomic E-state index is 0.548. The summed E-state index contributed by atoms with van der Waals surface area (Å²) in [6, 6.07) is 17.0. The maximum absolute atomic E-state index is 5.50. The number of para-hydroxylation sites is 1. The zero-order valence-electron chi connectivity index (χ0n) is 11.6. The SMILES string of the molecule is NCCOc1ccc(CN2CCc3ccccc32)cc1. The van der Waals surface area contributed by atoms with Crippen LogP contribution in [0.25, 0.3) is 0 Å². The minimum Gasteiger partial charge on any atom is -0.492 e. The Hall–Kier alpha value is -2.00. The van der Waals surface area contributed by atoms with Crippen molar-refractivity contribution in [1.82, 2.24) is 0 Å². The van der Waals surface area contributed by atoms with Crippen LogP contribution in [0.3, 0.4) is 0 Å². The molecule has 1 aliphatic rings. The Morgan fingerprint density at radius 2 is 1.85 bits per heavy atom. The first-order valence-corrected chi connectivity index (χ1v) is 7.11. The van der Waals surface area contributed by atoms with E-state index < -0.39 is 0 Å². The number of fused-ring (bicyclic) bond motifs is 1. The molecule has 0 radical (unpaired) electrons. The standard InChI is InChI=1S/C17H20N2O/c18-10-12-20-16-7-5-14(6-8-16)13-19-11-9-15-3-1-2-4-17(15)19/h1-8H,9-13,18H2. The average molecular weight is 268 g/mol. The molecule has 2 N–H and O–H groups in total. The number of hydrogen-bond acceptors (Lipinski definition) is 3. The first-order chi connectivity index (χ1) is 9.86. The lowest BCUT2D eigenvalue weighted by Gasteiger charge is -2.19. The molecular weight excluding hydrogens is 248 g/mol. The number of hydrogen-bond donors (Lipinski definition) is 1. The number of anilines is 1. The van der Waals surface area contributed by atoms with Gasteiger partial charge in [-0.2, -0.15) is 0 Å². The van der Waals surface area contributed by atoms with E-state index in [9.17, 15) is 0 Å². The highest BCUT2D eigenvalue weighted by Crippen LogP contribution is 2.29. The van der Waals surface area contributed by atoms with Gasteiger partial charge in [0.25, 0.3) is 0 Å². The Morgan fingerprint density at radius 1 is 1.05 bits per heavy atom. The molecule has 0 aromatic heterocycles. The van der Waals surface area contributed by atoms with Gasteiger partial charge in [-0.3, -0.25) is 0 Å². The fourth-order valence-corrected chi connectivity index (χ4v) is 2.66. The predicted octanol–water partition coefficient (Wildman–Crippen LogP) is 2.59. The van der Waals surface area contributed by atoms with E-state index in [1.165, 1.54) is 16.8 Å². The molecule has 1 aliphatic heterocycles. The van der Waals surface area contributed by atoms with E-state index in [1.807, 2.05) is 12.1 Å². The summed E-state index contributed by atoms with van der Waals surface area (Å²) in [5.41, 5.74) is 9.56. The molecule has 0 amide bonds. The van der Waals surface area contributed by atoms with E-state index >= 15 is 0 Å². The minimum atomic E-state index is 0.548. The van der Waals surface area contributed by atoms with Crippen LogP contribution in [0.5, 0.6) is 5.75 Å². The van der Waals surface area contributed by atoms with Crippen LogP contribution in [0.4, 0.5) is 5.69 Å². The lowest BCUT2D eigenvalue weighted by atomic mass is 10.1. The summed E-state index contributed by atoms with van der Waals surface area (Å²) >= 11 is 0. The van der Waals surface area contributed by atoms with Crippen LogP contribution in [-0.4, -0.2) is 19.7 Å². The molecule has 0 bridgehead atoms. The van der Waals surface area contributed by atoms with Crippen LogP contribution in [0.15, 0.2) is 48.5 Å². The van der Waals surface area contributed by atoms with Crippen molar-refractivity contribution < 1.29 is 4.74 Å². The summed E-state index contributed by atoms with van der Waals surface area (Å²) < 4.78 is 5.50. The Balaban J connectivity index is 1.67. The molecule has 0 saturated carbocycles. The second-order valence-electron chi connectivity index (χ2n) is 5.08. The molecule has 1 heterocycles. The van der Waals surface area contributed by atoms with Crippen molar-refractivity contribution in [3.8, 4) is 5.75 Å². The quantitative estimate of drug-likeness (QED) is 0.906. The molecule has 2 aromatic carbocycles. The maximum Gasteiger partial charge on any atom is 0.119 e. The maximum atomic E-state index is 5.50. The summed E-state index contributed by atoms with van der Waals surface area (Å²) in [6.45, 7) is 3.17. The normalized spacial score (nSPS) is 13.3. The Kier molecular flexibility index (Phi) is 3.88. The molecule has 0 saturated heterocycles. The molecule has 0 spiro atoms. The predicted molar refractivity (Wildman–Crippen MR) is 82.2 cm³/mol. The fourth-order valence-electron chi connectivity index (χ4n) is 2.66. The van der Waals surface area contributed by atoms with Crippen LogP contribution < -0.4 is 15.4 Å². The first-order valence-electron chi connectivity index (χ1n) is 7.11. The van der Waals surface area contributed by atoms with Crippen LogP contribution in [0.1, 0.15) is 11.1 Å². The molecular formula is C17H20N2O. The van der Waals surface area contributed by atoms with Gasteiger partial charge >= 0.3 is 0 Å². The zero-order valence-corrected chi connectivity index (χ0v) is 11.6. The number of nitrogens with two attached hydrogens (primary N) is 1. The van der Waals surface area contributed by atoms with E-state index in [2.05, 4.69) is 41.3 Å². The molecule has 0 fully saturated rings. The summed E-state index contributed by atoms with van der Waals surface area (Å²) in [6.07, 6.45) is 1.15. The summed E-state index contributed by atoms with van der Waals surface area (Å²) in [5, 5.41) is 0. The van der Waals surface area contributed by atoms with Gasteiger partial charge < -0.3 is 15.4 Å². The topological polar surface area (TPSA) is 38.5 Å². The van der Waals surface area contributed by atoms with Gasteiger partial charge in [0.1, 0.15) is 12.4 Å². The van der Waals surface area contributed by atoms with Gasteiger partial charge in [-0.15, -0.1) is 0 Å². The van der Waals surface area contributed by atoms with Crippen molar-refractivity contribution in [2.75, 3.05) is 24.6 Å². The van der Waals surface area contributed by atoms with E-state index in [0.29, 0.717) is 13.2 Å². The van der Waals surface area contributed by atoms with Crippen LogP contribution in [0.2, 0.25) is 0 Å². The lowest BCUT2D eigenvalue weighted by Crippen LogP contribution is -2.19. The van der Waals surface area contributed by atoms with Gasteiger partial charge in [0.15, 0.2) is 0 Å². The van der Waals surface area contributed by atoms with Gasteiger partial charge in [0.05, 0.1) is 0 Å². The van der Waals surface area contributed by atoms with Crippen LogP contribution in [0, 0.1) is 0 Å². The van der Waals surface area contributed by atoms with Crippen molar-refractivity contribution in [1.29, 1.82) is 0 Å². The molecule has 0 unspecified atom stereocenters. The average Bonchev–Trinajstić information content (AvgIpc) is 2.90.